The second-order valence-corrected chi connectivity index (χ2v) is 9.08. The van der Waals surface area contributed by atoms with Gasteiger partial charge in [-0.15, -0.1) is 0 Å². The lowest BCUT2D eigenvalue weighted by molar-refractivity contribution is 0.0886. The van der Waals surface area contributed by atoms with Gasteiger partial charge in [-0.1, -0.05) is 68.4 Å². The van der Waals surface area contributed by atoms with Crippen molar-refractivity contribution in [1.82, 2.24) is 4.90 Å². The molecule has 0 spiro atoms. The normalized spacial score (nSPS) is 18.5. The number of ketones is 1. The van der Waals surface area contributed by atoms with Crippen LogP contribution in [0, 0.1) is 0 Å². The fourth-order valence-corrected chi connectivity index (χ4v) is 5.80. The van der Waals surface area contributed by atoms with E-state index in [1.54, 1.807) is 0 Å². The number of hydrogen-bond donors (Lipinski definition) is 0. The van der Waals surface area contributed by atoms with Crippen LogP contribution in [-0.2, 0) is 12.0 Å². The van der Waals surface area contributed by atoms with Gasteiger partial charge in [-0.05, 0) is 41.8 Å². The van der Waals surface area contributed by atoms with Crippen molar-refractivity contribution in [3.05, 3.63) is 77.4 Å². The highest BCUT2D eigenvalue weighted by Gasteiger charge is 2.44. The van der Waals surface area contributed by atoms with Crippen molar-refractivity contribution in [1.29, 1.82) is 0 Å². The number of rotatable bonds is 5. The van der Waals surface area contributed by atoms with Crippen molar-refractivity contribution < 1.29 is 4.79 Å². The Morgan fingerprint density at radius 3 is 2.42 bits per heavy atom. The van der Waals surface area contributed by atoms with Crippen LogP contribution in [0.25, 0.3) is 10.8 Å². The molecule has 0 bridgehead atoms. The van der Waals surface area contributed by atoms with Gasteiger partial charge in [0.25, 0.3) is 0 Å². The quantitative estimate of drug-likeness (QED) is 0.529. The number of anilines is 1. The predicted molar refractivity (Wildman–Crippen MR) is 129 cm³/mol. The van der Waals surface area contributed by atoms with Gasteiger partial charge in [-0.3, -0.25) is 9.69 Å². The minimum Gasteiger partial charge on any atom is -0.370 e. The summed E-state index contributed by atoms with van der Waals surface area (Å²) in [6, 6.07) is 21.6. The molecule has 3 aromatic carbocycles. The lowest BCUT2D eigenvalue weighted by atomic mass is 9.75. The van der Waals surface area contributed by atoms with E-state index in [0.29, 0.717) is 5.78 Å². The highest BCUT2D eigenvalue weighted by molar-refractivity contribution is 6.22. The maximum absolute atomic E-state index is 13.4. The van der Waals surface area contributed by atoms with Crippen molar-refractivity contribution >= 4 is 22.2 Å². The van der Waals surface area contributed by atoms with Gasteiger partial charge in [0.1, 0.15) is 0 Å². The van der Waals surface area contributed by atoms with Crippen LogP contribution in [0.2, 0.25) is 0 Å². The highest BCUT2D eigenvalue weighted by Crippen LogP contribution is 2.48. The molecule has 0 unspecified atom stereocenters. The number of hydrogen-bond acceptors (Lipinski definition) is 3. The molecule has 31 heavy (non-hydrogen) atoms. The molecule has 1 fully saturated rings. The van der Waals surface area contributed by atoms with Gasteiger partial charge in [0.2, 0.25) is 0 Å². The van der Waals surface area contributed by atoms with E-state index < -0.39 is 0 Å². The fourth-order valence-electron chi connectivity index (χ4n) is 5.80. The van der Waals surface area contributed by atoms with Crippen LogP contribution in [0.15, 0.2) is 60.7 Å². The summed E-state index contributed by atoms with van der Waals surface area (Å²) in [6.45, 7) is 9.59. The van der Waals surface area contributed by atoms with Gasteiger partial charge in [0.15, 0.2) is 5.78 Å². The Bertz CT molecular complexity index is 1100. The smallest absolute Gasteiger partial charge is 0.174 e. The Balaban J connectivity index is 1.46. The molecule has 0 amide bonds. The van der Waals surface area contributed by atoms with E-state index in [4.69, 9.17) is 0 Å². The second-order valence-electron chi connectivity index (χ2n) is 9.08. The largest absolute Gasteiger partial charge is 0.370 e. The molecule has 3 nitrogen and oxygen atoms in total. The highest BCUT2D eigenvalue weighted by atomic mass is 16.1. The molecular formula is C28H32N2O. The van der Waals surface area contributed by atoms with Crippen LogP contribution in [-0.4, -0.2) is 36.9 Å². The Morgan fingerprint density at radius 1 is 0.839 bits per heavy atom. The van der Waals surface area contributed by atoms with Gasteiger partial charge in [0.05, 0.1) is 5.41 Å². The maximum atomic E-state index is 13.4. The molecule has 5 rings (SSSR count). The Morgan fingerprint density at radius 2 is 1.65 bits per heavy atom. The standard InChI is InChI=1S/C28H32N2O/c1-3-28(4-2)24-14-15-25(22-12-8-13-23(26(22)24)27(28)31)30-17-9-16-29(18-19-30)20-21-10-6-5-7-11-21/h5-8,10-15H,3-4,9,16-20H2,1-2H3. The van der Waals surface area contributed by atoms with Crippen molar-refractivity contribution in [3.63, 3.8) is 0 Å². The summed E-state index contributed by atoms with van der Waals surface area (Å²) in [6.07, 6.45) is 2.88. The van der Waals surface area contributed by atoms with Crippen molar-refractivity contribution in [2.45, 2.75) is 45.1 Å². The zero-order chi connectivity index (χ0) is 21.4. The van der Waals surface area contributed by atoms with Crippen LogP contribution in [0.1, 0.15) is 54.6 Å². The first kappa shape index (κ1) is 20.3. The van der Waals surface area contributed by atoms with Crippen LogP contribution in [0.4, 0.5) is 5.69 Å². The van der Waals surface area contributed by atoms with Crippen molar-refractivity contribution in [3.8, 4) is 0 Å². The van der Waals surface area contributed by atoms with Gasteiger partial charge in [-0.25, -0.2) is 0 Å². The molecule has 0 radical (unpaired) electrons. The van der Waals surface area contributed by atoms with Crippen molar-refractivity contribution in [2.75, 3.05) is 31.1 Å². The zero-order valence-electron chi connectivity index (χ0n) is 18.7. The summed E-state index contributed by atoms with van der Waals surface area (Å²) < 4.78 is 0. The van der Waals surface area contributed by atoms with E-state index in [1.165, 1.54) is 27.6 Å². The molecule has 3 heteroatoms. The summed E-state index contributed by atoms with van der Waals surface area (Å²) >= 11 is 0. The van der Waals surface area contributed by atoms with Gasteiger partial charge in [-0.2, -0.15) is 0 Å². The summed E-state index contributed by atoms with van der Waals surface area (Å²) in [5.74, 6) is 0.320. The topological polar surface area (TPSA) is 23.6 Å². The zero-order valence-corrected chi connectivity index (χ0v) is 18.7. The maximum Gasteiger partial charge on any atom is 0.174 e. The van der Waals surface area contributed by atoms with Crippen LogP contribution in [0.3, 0.4) is 0 Å². The van der Waals surface area contributed by atoms with E-state index in [-0.39, 0.29) is 5.41 Å². The number of Topliss-reactive ketones (excluding diaryl/α,β-unsaturated/α-hetero) is 1. The van der Waals surface area contributed by atoms with Crippen LogP contribution in [0.5, 0.6) is 0 Å². The average molecular weight is 413 g/mol. The summed E-state index contributed by atoms with van der Waals surface area (Å²) in [5, 5.41) is 2.46. The molecule has 0 aromatic heterocycles. The first-order valence-corrected chi connectivity index (χ1v) is 11.8. The van der Waals surface area contributed by atoms with E-state index in [2.05, 4.69) is 78.2 Å². The SMILES string of the molecule is CCC1(CC)C(=O)c2cccc3c(N4CCCN(Cc5ccccc5)CC4)ccc1c23. The molecule has 3 aromatic rings. The number of benzene rings is 3. The molecule has 0 saturated carbocycles. The van der Waals surface area contributed by atoms with Gasteiger partial charge < -0.3 is 4.90 Å². The first-order chi connectivity index (χ1) is 15.2. The number of carbonyl (C=O) groups excluding carboxylic acids is 1. The van der Waals surface area contributed by atoms with E-state index in [1.807, 2.05) is 6.07 Å². The average Bonchev–Trinajstić information content (AvgIpc) is 2.93. The molecule has 1 saturated heterocycles. The minimum atomic E-state index is -0.342. The molecule has 0 atom stereocenters. The molecule has 1 aliphatic carbocycles. The number of carbonyl (C=O) groups is 1. The number of nitrogens with zero attached hydrogens (tertiary/aromatic N) is 2. The summed E-state index contributed by atoms with van der Waals surface area (Å²) in [5.41, 5.74) is 4.51. The molecule has 0 N–H and O–H groups in total. The van der Waals surface area contributed by atoms with Gasteiger partial charge in [0, 0.05) is 49.4 Å². The van der Waals surface area contributed by atoms with E-state index in [0.717, 1.165) is 57.5 Å². The third-order valence-electron chi connectivity index (χ3n) is 7.60. The Kier molecular flexibility index (Phi) is 5.31. The molecule has 160 valence electrons. The third-order valence-corrected chi connectivity index (χ3v) is 7.60. The van der Waals surface area contributed by atoms with Crippen molar-refractivity contribution in [2.24, 2.45) is 0 Å². The summed E-state index contributed by atoms with van der Waals surface area (Å²) in [4.78, 5) is 18.5. The van der Waals surface area contributed by atoms with Crippen LogP contribution >= 0.6 is 0 Å². The molecule has 1 heterocycles. The summed E-state index contributed by atoms with van der Waals surface area (Å²) in [7, 11) is 0. The monoisotopic (exact) mass is 412 g/mol. The van der Waals surface area contributed by atoms with Gasteiger partial charge >= 0.3 is 0 Å². The van der Waals surface area contributed by atoms with E-state index in [9.17, 15) is 4.79 Å². The van der Waals surface area contributed by atoms with E-state index >= 15 is 0 Å². The molecular weight excluding hydrogens is 380 g/mol. The second kappa shape index (κ2) is 8.12. The molecule has 2 aliphatic rings. The Hall–Kier alpha value is -2.65. The van der Waals surface area contributed by atoms with Crippen LogP contribution < -0.4 is 4.90 Å². The fraction of sp³-hybridized carbons (Fsp3) is 0.393. The minimum absolute atomic E-state index is 0.320. The predicted octanol–water partition coefficient (Wildman–Crippen LogP) is 5.81. The third kappa shape index (κ3) is 3.27. The Labute approximate surface area is 185 Å². The first-order valence-electron chi connectivity index (χ1n) is 11.8. The molecule has 1 aliphatic heterocycles. The lowest BCUT2D eigenvalue weighted by Crippen LogP contribution is -2.31. The lowest BCUT2D eigenvalue weighted by Gasteiger charge is -2.28.